The molecule has 0 saturated carbocycles. The fourth-order valence-corrected chi connectivity index (χ4v) is 1.88. The van der Waals surface area contributed by atoms with Crippen molar-refractivity contribution >= 4 is 16.8 Å². The van der Waals surface area contributed by atoms with Crippen LogP contribution in [0.3, 0.4) is 0 Å². The summed E-state index contributed by atoms with van der Waals surface area (Å²) in [5.41, 5.74) is 9.30. The third kappa shape index (κ3) is 1.72. The number of nitrogens with zero attached hydrogens (tertiary/aromatic N) is 1. The first-order valence-electron chi connectivity index (χ1n) is 5.56. The van der Waals surface area contributed by atoms with Crippen molar-refractivity contribution < 1.29 is 8.81 Å². The number of anilines is 1. The van der Waals surface area contributed by atoms with Crippen molar-refractivity contribution in [1.82, 2.24) is 4.98 Å². The molecule has 18 heavy (non-hydrogen) atoms. The minimum Gasteiger partial charge on any atom is -0.436 e. The van der Waals surface area contributed by atoms with E-state index in [2.05, 4.69) is 4.98 Å². The molecule has 2 aromatic carbocycles. The highest BCUT2D eigenvalue weighted by atomic mass is 19.1. The van der Waals surface area contributed by atoms with E-state index in [1.807, 2.05) is 19.1 Å². The molecule has 0 fully saturated rings. The molecule has 1 aromatic heterocycles. The largest absolute Gasteiger partial charge is 0.436 e. The van der Waals surface area contributed by atoms with Crippen LogP contribution in [0.1, 0.15) is 5.56 Å². The van der Waals surface area contributed by atoms with Crippen molar-refractivity contribution in [3.63, 3.8) is 0 Å². The monoisotopic (exact) mass is 242 g/mol. The number of benzene rings is 2. The van der Waals surface area contributed by atoms with E-state index in [0.29, 0.717) is 22.7 Å². The third-order valence-corrected chi connectivity index (χ3v) is 2.84. The van der Waals surface area contributed by atoms with Gasteiger partial charge in [0.25, 0.3) is 0 Å². The van der Waals surface area contributed by atoms with Crippen molar-refractivity contribution in [1.29, 1.82) is 0 Å². The Morgan fingerprint density at radius 3 is 2.83 bits per heavy atom. The molecule has 1 heterocycles. The van der Waals surface area contributed by atoms with E-state index in [9.17, 15) is 4.39 Å². The maximum atomic E-state index is 13.1. The molecule has 90 valence electrons. The number of nitrogens with two attached hydrogens (primary N) is 1. The number of rotatable bonds is 1. The summed E-state index contributed by atoms with van der Waals surface area (Å²) in [7, 11) is 0. The molecule has 0 bridgehead atoms. The van der Waals surface area contributed by atoms with E-state index in [0.717, 1.165) is 11.1 Å². The number of fused-ring (bicyclic) bond motifs is 1. The van der Waals surface area contributed by atoms with E-state index < -0.39 is 0 Å². The number of oxazole rings is 1. The van der Waals surface area contributed by atoms with Crippen LogP contribution in [-0.2, 0) is 0 Å². The molecule has 3 nitrogen and oxygen atoms in total. The zero-order chi connectivity index (χ0) is 12.7. The Labute approximate surface area is 103 Å². The van der Waals surface area contributed by atoms with Crippen molar-refractivity contribution in [2.24, 2.45) is 0 Å². The number of halogens is 1. The molecular weight excluding hydrogens is 231 g/mol. The van der Waals surface area contributed by atoms with Crippen LogP contribution in [0.4, 0.5) is 10.1 Å². The van der Waals surface area contributed by atoms with Crippen LogP contribution in [0.5, 0.6) is 0 Å². The van der Waals surface area contributed by atoms with Crippen LogP contribution in [0, 0.1) is 12.7 Å². The second-order valence-corrected chi connectivity index (χ2v) is 4.21. The van der Waals surface area contributed by atoms with Gasteiger partial charge in [-0.2, -0.15) is 0 Å². The van der Waals surface area contributed by atoms with Gasteiger partial charge in [0.2, 0.25) is 5.89 Å². The molecule has 3 rings (SSSR count). The van der Waals surface area contributed by atoms with Gasteiger partial charge >= 0.3 is 0 Å². The average Bonchev–Trinajstić information content (AvgIpc) is 2.74. The molecule has 0 aliphatic rings. The smallest absolute Gasteiger partial charge is 0.227 e. The number of nitrogen functional groups attached to an aromatic ring is 1. The summed E-state index contributed by atoms with van der Waals surface area (Å²) in [6.45, 7) is 1.95. The van der Waals surface area contributed by atoms with E-state index in [4.69, 9.17) is 10.2 Å². The number of aryl methyl sites for hydroxylation is 1. The third-order valence-electron chi connectivity index (χ3n) is 2.84. The highest BCUT2D eigenvalue weighted by Gasteiger charge is 2.11. The van der Waals surface area contributed by atoms with E-state index in [1.54, 1.807) is 12.1 Å². The molecule has 0 aliphatic carbocycles. The summed E-state index contributed by atoms with van der Waals surface area (Å²) in [6, 6.07) is 9.81. The average molecular weight is 242 g/mol. The molecule has 0 amide bonds. The van der Waals surface area contributed by atoms with Crippen molar-refractivity contribution in [3.8, 4) is 11.5 Å². The molecular formula is C14H11FN2O. The molecule has 0 saturated heterocycles. The highest BCUT2D eigenvalue weighted by molar-refractivity contribution is 5.77. The van der Waals surface area contributed by atoms with Crippen molar-refractivity contribution in [2.75, 3.05) is 5.73 Å². The lowest BCUT2D eigenvalue weighted by Crippen LogP contribution is -1.88. The summed E-state index contributed by atoms with van der Waals surface area (Å²) >= 11 is 0. The molecule has 0 aliphatic heterocycles. The van der Waals surface area contributed by atoms with Crippen molar-refractivity contribution in [2.45, 2.75) is 6.92 Å². The Hall–Kier alpha value is -2.36. The molecule has 0 atom stereocenters. The van der Waals surface area contributed by atoms with Crippen LogP contribution in [0.2, 0.25) is 0 Å². The molecule has 0 radical (unpaired) electrons. The Kier molecular flexibility index (Phi) is 2.30. The van der Waals surface area contributed by atoms with Gasteiger partial charge in [-0.1, -0.05) is 6.07 Å². The zero-order valence-electron chi connectivity index (χ0n) is 9.77. The SMILES string of the molecule is Cc1ccc(N)cc1-c1nc2ccc(F)cc2o1. The minimum atomic E-state index is -0.338. The fraction of sp³-hybridized carbons (Fsp3) is 0.0714. The van der Waals surface area contributed by atoms with Gasteiger partial charge in [0, 0.05) is 17.3 Å². The van der Waals surface area contributed by atoms with Gasteiger partial charge in [0.15, 0.2) is 5.58 Å². The van der Waals surface area contributed by atoms with E-state index >= 15 is 0 Å². The van der Waals surface area contributed by atoms with Crippen LogP contribution < -0.4 is 5.73 Å². The number of aromatic nitrogens is 1. The second-order valence-electron chi connectivity index (χ2n) is 4.21. The quantitative estimate of drug-likeness (QED) is 0.664. The predicted octanol–water partition coefficient (Wildman–Crippen LogP) is 3.52. The maximum Gasteiger partial charge on any atom is 0.227 e. The topological polar surface area (TPSA) is 52.0 Å². The molecule has 3 aromatic rings. The number of hydrogen-bond donors (Lipinski definition) is 1. The summed E-state index contributed by atoms with van der Waals surface area (Å²) in [6.07, 6.45) is 0. The van der Waals surface area contributed by atoms with Gasteiger partial charge in [0.05, 0.1) is 0 Å². The Bertz CT molecular complexity index is 734. The molecule has 2 N–H and O–H groups in total. The second kappa shape index (κ2) is 3.84. The van der Waals surface area contributed by atoms with Crippen LogP contribution in [0.25, 0.3) is 22.6 Å². The summed E-state index contributed by atoms with van der Waals surface area (Å²) < 4.78 is 18.6. The van der Waals surface area contributed by atoms with Crippen LogP contribution in [0.15, 0.2) is 40.8 Å². The lowest BCUT2D eigenvalue weighted by molar-refractivity contribution is 0.602. The van der Waals surface area contributed by atoms with Crippen LogP contribution in [-0.4, -0.2) is 4.98 Å². The normalized spacial score (nSPS) is 11.0. The zero-order valence-corrected chi connectivity index (χ0v) is 9.77. The first-order valence-corrected chi connectivity index (χ1v) is 5.56. The first-order chi connectivity index (χ1) is 8.63. The Morgan fingerprint density at radius 2 is 2.00 bits per heavy atom. The summed E-state index contributed by atoms with van der Waals surface area (Å²) in [4.78, 5) is 4.34. The summed E-state index contributed by atoms with van der Waals surface area (Å²) in [5.74, 6) is 0.120. The highest BCUT2D eigenvalue weighted by Crippen LogP contribution is 2.28. The minimum absolute atomic E-state index is 0.338. The fourth-order valence-electron chi connectivity index (χ4n) is 1.88. The summed E-state index contributed by atoms with van der Waals surface area (Å²) in [5, 5.41) is 0. The van der Waals surface area contributed by atoms with Gasteiger partial charge in [-0.05, 0) is 36.8 Å². The lowest BCUT2D eigenvalue weighted by Gasteiger charge is -2.01. The Morgan fingerprint density at radius 1 is 1.17 bits per heavy atom. The van der Waals surface area contributed by atoms with E-state index in [-0.39, 0.29) is 5.82 Å². The molecule has 4 heteroatoms. The van der Waals surface area contributed by atoms with Crippen LogP contribution >= 0.6 is 0 Å². The Balaban J connectivity index is 2.22. The van der Waals surface area contributed by atoms with Gasteiger partial charge in [-0.15, -0.1) is 0 Å². The lowest BCUT2D eigenvalue weighted by atomic mass is 10.1. The standard InChI is InChI=1S/C14H11FN2O/c1-8-2-4-10(16)7-11(8)14-17-12-5-3-9(15)6-13(12)18-14/h2-7H,16H2,1H3. The van der Waals surface area contributed by atoms with Gasteiger partial charge in [-0.25, -0.2) is 9.37 Å². The maximum absolute atomic E-state index is 13.1. The predicted molar refractivity (Wildman–Crippen MR) is 68.6 cm³/mol. The number of hydrogen-bond acceptors (Lipinski definition) is 3. The van der Waals surface area contributed by atoms with Gasteiger partial charge < -0.3 is 10.2 Å². The van der Waals surface area contributed by atoms with Gasteiger partial charge in [-0.3, -0.25) is 0 Å². The van der Waals surface area contributed by atoms with Crippen molar-refractivity contribution in [3.05, 3.63) is 47.8 Å². The molecule has 0 spiro atoms. The first kappa shape index (κ1) is 10.8. The van der Waals surface area contributed by atoms with E-state index in [1.165, 1.54) is 12.1 Å². The molecule has 0 unspecified atom stereocenters. The van der Waals surface area contributed by atoms with Gasteiger partial charge in [0.1, 0.15) is 11.3 Å².